The van der Waals surface area contributed by atoms with Gasteiger partial charge in [-0.1, -0.05) is 13.3 Å². The molecule has 94 valence electrons. The van der Waals surface area contributed by atoms with E-state index in [1.54, 1.807) is 7.05 Å². The van der Waals surface area contributed by atoms with Crippen LogP contribution in [-0.2, 0) is 11.8 Å². The number of hydrogen-bond acceptors (Lipinski definition) is 4. The Balaban J connectivity index is 2.61. The molecule has 17 heavy (non-hydrogen) atoms. The lowest BCUT2D eigenvalue weighted by Gasteiger charge is -2.04. The maximum Gasteiger partial charge on any atom is 0.411 e. The Labute approximate surface area is 98.9 Å². The van der Waals surface area contributed by atoms with Crippen molar-refractivity contribution in [1.82, 2.24) is 9.78 Å². The fourth-order valence-electron chi connectivity index (χ4n) is 1.22. The molecule has 0 saturated carbocycles. The fraction of sp³-hybridized carbons (Fsp3) is 0.500. The second-order valence-electron chi connectivity index (χ2n) is 3.54. The largest absolute Gasteiger partial charge is 0.449 e. The van der Waals surface area contributed by atoms with E-state index in [4.69, 9.17) is 10.5 Å². The minimum atomic E-state index is -0.700. The van der Waals surface area contributed by atoms with Gasteiger partial charge in [0, 0.05) is 13.2 Å². The Kier molecular flexibility index (Phi) is 4.50. The third kappa shape index (κ3) is 3.78. The van der Waals surface area contributed by atoms with Gasteiger partial charge in [-0.05, 0) is 6.42 Å². The van der Waals surface area contributed by atoms with Crippen molar-refractivity contribution in [2.45, 2.75) is 19.8 Å². The van der Waals surface area contributed by atoms with E-state index in [1.165, 1.54) is 10.9 Å². The quantitative estimate of drug-likeness (QED) is 0.746. The number of unbranched alkanes of at least 4 members (excludes halogenated alkanes) is 1. The standard InChI is InChI=1S/C10H16N4O3/c1-3-4-5-17-10(16)12-7-6-14(2)13-8(7)9(11)15/h6H,3-5H2,1-2H3,(H2,11,15)(H,12,16). The maximum atomic E-state index is 11.3. The molecule has 1 heterocycles. The van der Waals surface area contributed by atoms with Gasteiger partial charge in [-0.3, -0.25) is 14.8 Å². The number of nitrogens with two attached hydrogens (primary N) is 1. The summed E-state index contributed by atoms with van der Waals surface area (Å²) in [6, 6.07) is 0. The predicted molar refractivity (Wildman–Crippen MR) is 61.6 cm³/mol. The molecule has 0 atom stereocenters. The molecule has 0 saturated heterocycles. The van der Waals surface area contributed by atoms with Gasteiger partial charge in [0.1, 0.15) is 0 Å². The Morgan fingerprint density at radius 2 is 2.29 bits per heavy atom. The third-order valence-corrected chi connectivity index (χ3v) is 2.03. The Morgan fingerprint density at radius 3 is 2.88 bits per heavy atom. The van der Waals surface area contributed by atoms with Gasteiger partial charge in [0.25, 0.3) is 5.91 Å². The molecule has 3 N–H and O–H groups in total. The molecular formula is C10H16N4O3. The average molecular weight is 240 g/mol. The smallest absolute Gasteiger partial charge is 0.411 e. The minimum Gasteiger partial charge on any atom is -0.449 e. The van der Waals surface area contributed by atoms with Crippen molar-refractivity contribution in [2.75, 3.05) is 11.9 Å². The van der Waals surface area contributed by atoms with Crippen LogP contribution < -0.4 is 11.1 Å². The number of nitrogens with one attached hydrogen (secondary N) is 1. The van der Waals surface area contributed by atoms with Gasteiger partial charge in [0.15, 0.2) is 5.69 Å². The highest BCUT2D eigenvalue weighted by molar-refractivity contribution is 5.99. The highest BCUT2D eigenvalue weighted by Crippen LogP contribution is 2.12. The molecule has 2 amide bonds. The van der Waals surface area contributed by atoms with Crippen molar-refractivity contribution in [3.05, 3.63) is 11.9 Å². The van der Waals surface area contributed by atoms with Gasteiger partial charge in [-0.25, -0.2) is 4.79 Å². The summed E-state index contributed by atoms with van der Waals surface area (Å²) in [6.45, 7) is 2.34. The fourth-order valence-corrected chi connectivity index (χ4v) is 1.22. The van der Waals surface area contributed by atoms with E-state index < -0.39 is 12.0 Å². The van der Waals surface area contributed by atoms with Crippen molar-refractivity contribution in [3.63, 3.8) is 0 Å². The number of carbonyl (C=O) groups excluding carboxylic acids is 2. The number of hydrogen-bond donors (Lipinski definition) is 2. The van der Waals surface area contributed by atoms with E-state index in [0.717, 1.165) is 12.8 Å². The number of aromatic nitrogens is 2. The summed E-state index contributed by atoms with van der Waals surface area (Å²) in [6.07, 6.45) is 2.60. The second-order valence-corrected chi connectivity index (χ2v) is 3.54. The molecule has 1 rings (SSSR count). The summed E-state index contributed by atoms with van der Waals surface area (Å²) < 4.78 is 6.28. The minimum absolute atomic E-state index is 0.0138. The van der Waals surface area contributed by atoms with Gasteiger partial charge in [-0.15, -0.1) is 0 Å². The number of anilines is 1. The van der Waals surface area contributed by atoms with Crippen LogP contribution in [0.3, 0.4) is 0 Å². The summed E-state index contributed by atoms with van der Waals surface area (Å²) in [4.78, 5) is 22.4. The number of ether oxygens (including phenoxy) is 1. The molecule has 0 aromatic carbocycles. The number of amides is 2. The van der Waals surface area contributed by atoms with Crippen LogP contribution in [-0.4, -0.2) is 28.4 Å². The van der Waals surface area contributed by atoms with E-state index in [2.05, 4.69) is 10.4 Å². The molecule has 0 radical (unpaired) electrons. The molecular weight excluding hydrogens is 224 g/mol. The van der Waals surface area contributed by atoms with Gasteiger partial charge in [0.2, 0.25) is 0 Å². The van der Waals surface area contributed by atoms with Crippen molar-refractivity contribution in [3.8, 4) is 0 Å². The first-order chi connectivity index (χ1) is 8.04. The van der Waals surface area contributed by atoms with Gasteiger partial charge in [-0.2, -0.15) is 5.10 Å². The zero-order valence-electron chi connectivity index (χ0n) is 9.90. The van der Waals surface area contributed by atoms with Crippen LogP contribution in [0, 0.1) is 0 Å². The molecule has 0 aliphatic carbocycles. The van der Waals surface area contributed by atoms with Crippen LogP contribution in [0.5, 0.6) is 0 Å². The normalized spacial score (nSPS) is 10.0. The summed E-state index contributed by atoms with van der Waals surface area (Å²) in [5.41, 5.74) is 5.38. The highest BCUT2D eigenvalue weighted by Gasteiger charge is 2.15. The zero-order valence-corrected chi connectivity index (χ0v) is 9.90. The van der Waals surface area contributed by atoms with Crippen LogP contribution in [0.4, 0.5) is 10.5 Å². The van der Waals surface area contributed by atoms with Crippen molar-refractivity contribution < 1.29 is 14.3 Å². The first kappa shape index (κ1) is 13.0. The number of rotatable bonds is 5. The van der Waals surface area contributed by atoms with E-state index in [9.17, 15) is 9.59 Å². The first-order valence-electron chi connectivity index (χ1n) is 5.31. The molecule has 0 aliphatic rings. The van der Waals surface area contributed by atoms with Crippen LogP contribution in [0.25, 0.3) is 0 Å². The van der Waals surface area contributed by atoms with Crippen LogP contribution >= 0.6 is 0 Å². The summed E-state index contributed by atoms with van der Waals surface area (Å²) in [7, 11) is 1.63. The van der Waals surface area contributed by atoms with Crippen LogP contribution in [0.2, 0.25) is 0 Å². The lowest BCUT2D eigenvalue weighted by molar-refractivity contribution is 0.0995. The van der Waals surface area contributed by atoms with Crippen molar-refractivity contribution in [2.24, 2.45) is 12.8 Å². The Morgan fingerprint density at radius 1 is 1.59 bits per heavy atom. The number of carbonyl (C=O) groups is 2. The van der Waals surface area contributed by atoms with Crippen LogP contribution in [0.15, 0.2) is 6.20 Å². The summed E-state index contributed by atoms with van der Waals surface area (Å²) in [5, 5.41) is 6.26. The van der Waals surface area contributed by atoms with Crippen molar-refractivity contribution >= 4 is 17.7 Å². The Hall–Kier alpha value is -2.05. The molecule has 0 bridgehead atoms. The van der Waals surface area contributed by atoms with E-state index in [1.807, 2.05) is 6.92 Å². The summed E-state index contributed by atoms with van der Waals surface area (Å²) >= 11 is 0. The Bertz CT molecular complexity index is 414. The second kappa shape index (κ2) is 5.88. The molecule has 1 aromatic heterocycles. The number of nitrogens with zero attached hydrogens (tertiary/aromatic N) is 2. The zero-order chi connectivity index (χ0) is 12.8. The first-order valence-corrected chi connectivity index (χ1v) is 5.31. The molecule has 0 spiro atoms. The van der Waals surface area contributed by atoms with Crippen molar-refractivity contribution in [1.29, 1.82) is 0 Å². The van der Waals surface area contributed by atoms with Gasteiger partial charge >= 0.3 is 6.09 Å². The average Bonchev–Trinajstić information content (AvgIpc) is 2.60. The van der Waals surface area contributed by atoms with E-state index in [-0.39, 0.29) is 11.4 Å². The molecule has 7 heteroatoms. The molecule has 0 aliphatic heterocycles. The summed E-state index contributed by atoms with van der Waals surface area (Å²) in [5.74, 6) is -0.700. The monoisotopic (exact) mass is 240 g/mol. The lowest BCUT2D eigenvalue weighted by atomic mass is 10.3. The maximum absolute atomic E-state index is 11.3. The van der Waals surface area contributed by atoms with Gasteiger partial charge in [0.05, 0.1) is 12.3 Å². The number of aryl methyl sites for hydroxylation is 1. The SMILES string of the molecule is CCCCOC(=O)Nc1cn(C)nc1C(N)=O. The molecule has 0 fully saturated rings. The molecule has 7 nitrogen and oxygen atoms in total. The third-order valence-electron chi connectivity index (χ3n) is 2.03. The van der Waals surface area contributed by atoms with Crippen LogP contribution in [0.1, 0.15) is 30.3 Å². The molecule has 0 unspecified atom stereocenters. The van der Waals surface area contributed by atoms with Gasteiger partial charge < -0.3 is 10.5 Å². The topological polar surface area (TPSA) is 99.2 Å². The van der Waals surface area contributed by atoms with E-state index >= 15 is 0 Å². The van der Waals surface area contributed by atoms with E-state index in [0.29, 0.717) is 6.61 Å². The lowest BCUT2D eigenvalue weighted by Crippen LogP contribution is -2.18. The predicted octanol–water partition coefficient (Wildman–Crippen LogP) is 0.868. The highest BCUT2D eigenvalue weighted by atomic mass is 16.5. The molecule has 1 aromatic rings. The number of primary amides is 1.